The average molecular weight is 659 g/mol. The van der Waals surface area contributed by atoms with Crippen molar-refractivity contribution in [3.05, 3.63) is 199 Å². The molecule has 7 rings (SSSR count). The fourth-order valence-electron chi connectivity index (χ4n) is 7.36. The Hall–Kier alpha value is -4.42. The van der Waals surface area contributed by atoms with Gasteiger partial charge in [-0.1, -0.05) is 133 Å². The Kier molecular flexibility index (Phi) is 13.7. The van der Waals surface area contributed by atoms with E-state index in [0.717, 1.165) is 12.8 Å². The second-order valence-electron chi connectivity index (χ2n) is 14.6. The van der Waals surface area contributed by atoms with Gasteiger partial charge in [0.2, 0.25) is 0 Å². The normalized spacial score (nSPS) is 17.1. The number of rotatable bonds is 6. The zero-order valence-corrected chi connectivity index (χ0v) is 31.6. The van der Waals surface area contributed by atoms with Crippen molar-refractivity contribution in [1.82, 2.24) is 0 Å². The summed E-state index contributed by atoms with van der Waals surface area (Å²) in [7, 11) is 0. The van der Waals surface area contributed by atoms with E-state index in [9.17, 15) is 0 Å². The predicted molar refractivity (Wildman–Crippen MR) is 219 cm³/mol. The van der Waals surface area contributed by atoms with Gasteiger partial charge < -0.3 is 0 Å². The largest absolute Gasteiger partial charge is 0.0839 e. The fraction of sp³-hybridized carbons (Fsp3) is 0.320. The van der Waals surface area contributed by atoms with Gasteiger partial charge in [-0.25, -0.2) is 0 Å². The Labute approximate surface area is 304 Å². The van der Waals surface area contributed by atoms with Crippen LogP contribution in [0.2, 0.25) is 0 Å². The molecule has 0 unspecified atom stereocenters. The SMILES string of the molecule is CC1=C(C2=C(C)C=CCC2)CCC=C1.CC1=C(C2=C(C)C=CCC2)CCC=C1.Cc1ccc(Cc2ccc(Cc3ccc(C)cc3)cc2)cc1. The highest BCUT2D eigenvalue weighted by Gasteiger charge is 2.14. The molecule has 50 heavy (non-hydrogen) atoms. The van der Waals surface area contributed by atoms with Crippen LogP contribution in [-0.2, 0) is 12.8 Å². The molecule has 4 aliphatic rings. The first-order valence-corrected chi connectivity index (χ1v) is 18.9. The van der Waals surface area contributed by atoms with Crippen molar-refractivity contribution in [2.75, 3.05) is 0 Å². The molecular formula is C50H58. The van der Waals surface area contributed by atoms with Gasteiger partial charge in [0, 0.05) is 0 Å². The standard InChI is InChI=1S/C22H22.2C14H18/c1-17-3-7-19(8-4-17)15-21-11-13-22(14-12-21)16-20-9-5-18(2)6-10-20;2*1-11-7-3-5-9-13(11)14-10-6-4-8-12(14)2/h3-14H,15-16H2,1-2H3;2*3-4,7-8H,5-6,9-10H2,1-2H3. The monoisotopic (exact) mass is 658 g/mol. The number of aryl methyl sites for hydroxylation is 2. The van der Waals surface area contributed by atoms with E-state index >= 15 is 0 Å². The molecular weight excluding hydrogens is 601 g/mol. The quantitative estimate of drug-likeness (QED) is 0.247. The molecule has 0 heterocycles. The minimum atomic E-state index is 1.01. The Morgan fingerprint density at radius 2 is 0.540 bits per heavy atom. The minimum absolute atomic E-state index is 1.01. The molecule has 0 N–H and O–H groups in total. The fourth-order valence-corrected chi connectivity index (χ4v) is 7.36. The zero-order valence-electron chi connectivity index (χ0n) is 31.6. The van der Waals surface area contributed by atoms with Gasteiger partial charge in [-0.15, -0.1) is 0 Å². The maximum absolute atomic E-state index is 2.29. The van der Waals surface area contributed by atoms with Crippen molar-refractivity contribution in [2.24, 2.45) is 0 Å². The van der Waals surface area contributed by atoms with Gasteiger partial charge >= 0.3 is 0 Å². The van der Waals surface area contributed by atoms with E-state index in [0.29, 0.717) is 0 Å². The summed E-state index contributed by atoms with van der Waals surface area (Å²) in [6, 6.07) is 26.6. The Morgan fingerprint density at radius 1 is 0.320 bits per heavy atom. The Bertz CT molecular complexity index is 1620. The van der Waals surface area contributed by atoms with Crippen LogP contribution < -0.4 is 0 Å². The number of allylic oxidation sites excluding steroid dienone is 16. The highest BCUT2D eigenvalue weighted by Crippen LogP contribution is 2.34. The molecule has 3 aromatic rings. The molecule has 0 fully saturated rings. The lowest BCUT2D eigenvalue weighted by atomic mass is 9.85. The second-order valence-corrected chi connectivity index (χ2v) is 14.6. The van der Waals surface area contributed by atoms with Gasteiger partial charge in [-0.2, -0.15) is 0 Å². The van der Waals surface area contributed by atoms with Gasteiger partial charge in [0.25, 0.3) is 0 Å². The van der Waals surface area contributed by atoms with Gasteiger partial charge in [-0.3, -0.25) is 0 Å². The summed E-state index contributed by atoms with van der Waals surface area (Å²) in [6.45, 7) is 13.2. The summed E-state index contributed by atoms with van der Waals surface area (Å²) in [6.07, 6.45) is 30.1. The molecule has 0 spiro atoms. The summed E-state index contributed by atoms with van der Waals surface area (Å²) < 4.78 is 0. The van der Waals surface area contributed by atoms with Crippen molar-refractivity contribution in [2.45, 2.75) is 106 Å². The van der Waals surface area contributed by atoms with Crippen molar-refractivity contribution >= 4 is 0 Å². The van der Waals surface area contributed by atoms with E-state index in [1.54, 1.807) is 22.3 Å². The average Bonchev–Trinajstić information content (AvgIpc) is 3.13. The number of hydrogen-bond donors (Lipinski definition) is 0. The first-order chi connectivity index (χ1) is 24.3. The summed E-state index contributed by atoms with van der Waals surface area (Å²) in [5, 5.41) is 0. The van der Waals surface area contributed by atoms with E-state index < -0.39 is 0 Å². The van der Waals surface area contributed by atoms with Gasteiger partial charge in [-0.05, 0) is 173 Å². The third kappa shape index (κ3) is 10.8. The first-order valence-electron chi connectivity index (χ1n) is 18.9. The molecule has 0 atom stereocenters. The van der Waals surface area contributed by atoms with E-state index in [1.165, 1.54) is 107 Å². The van der Waals surface area contributed by atoms with Gasteiger partial charge in [0.1, 0.15) is 0 Å². The summed E-state index contributed by atoms with van der Waals surface area (Å²) in [5.74, 6) is 0. The maximum atomic E-state index is 2.29. The molecule has 0 nitrogen and oxygen atoms in total. The lowest BCUT2D eigenvalue weighted by Crippen LogP contribution is -2.01. The van der Waals surface area contributed by atoms with Crippen LogP contribution >= 0.6 is 0 Å². The van der Waals surface area contributed by atoms with Crippen LogP contribution in [0.15, 0.2) is 166 Å². The Morgan fingerprint density at radius 3 is 0.760 bits per heavy atom. The Balaban J connectivity index is 0.000000152. The van der Waals surface area contributed by atoms with Crippen molar-refractivity contribution in [3.8, 4) is 0 Å². The number of hydrogen-bond acceptors (Lipinski definition) is 0. The second kappa shape index (κ2) is 18.5. The van der Waals surface area contributed by atoms with Crippen LogP contribution in [0.5, 0.6) is 0 Å². The van der Waals surface area contributed by atoms with Crippen molar-refractivity contribution in [1.29, 1.82) is 0 Å². The van der Waals surface area contributed by atoms with E-state index in [1.807, 2.05) is 0 Å². The van der Waals surface area contributed by atoms with E-state index in [4.69, 9.17) is 0 Å². The molecule has 0 aliphatic heterocycles. The molecule has 0 saturated carbocycles. The first kappa shape index (κ1) is 36.9. The van der Waals surface area contributed by atoms with Crippen LogP contribution in [0.1, 0.15) is 112 Å². The highest BCUT2D eigenvalue weighted by molar-refractivity contribution is 5.48. The van der Waals surface area contributed by atoms with Gasteiger partial charge in [0.05, 0.1) is 0 Å². The molecule has 258 valence electrons. The third-order valence-electron chi connectivity index (χ3n) is 10.4. The molecule has 0 radical (unpaired) electrons. The molecule has 4 aliphatic carbocycles. The lowest BCUT2D eigenvalue weighted by Gasteiger charge is -2.20. The summed E-state index contributed by atoms with van der Waals surface area (Å²) in [5.41, 5.74) is 20.4. The molecule has 0 aromatic heterocycles. The molecule has 0 bridgehead atoms. The van der Waals surface area contributed by atoms with Crippen LogP contribution in [0.4, 0.5) is 0 Å². The van der Waals surface area contributed by atoms with Crippen LogP contribution in [0, 0.1) is 13.8 Å². The van der Waals surface area contributed by atoms with Gasteiger partial charge in [0.15, 0.2) is 0 Å². The van der Waals surface area contributed by atoms with Crippen LogP contribution in [-0.4, -0.2) is 0 Å². The molecule has 3 aromatic carbocycles. The summed E-state index contributed by atoms with van der Waals surface area (Å²) in [4.78, 5) is 0. The minimum Gasteiger partial charge on any atom is -0.0839 e. The topological polar surface area (TPSA) is 0 Å². The summed E-state index contributed by atoms with van der Waals surface area (Å²) >= 11 is 0. The van der Waals surface area contributed by atoms with Crippen LogP contribution in [0.25, 0.3) is 0 Å². The predicted octanol–water partition coefficient (Wildman–Crippen LogP) is 14.1. The molecule has 0 saturated heterocycles. The van der Waals surface area contributed by atoms with Crippen molar-refractivity contribution < 1.29 is 0 Å². The van der Waals surface area contributed by atoms with Crippen molar-refractivity contribution in [3.63, 3.8) is 0 Å². The van der Waals surface area contributed by atoms with Crippen LogP contribution in [0.3, 0.4) is 0 Å². The maximum Gasteiger partial charge on any atom is -0.00258 e. The zero-order chi connectivity index (χ0) is 35.3. The van der Waals surface area contributed by atoms with E-state index in [2.05, 4.69) is 163 Å². The molecule has 0 amide bonds. The smallest absolute Gasteiger partial charge is 0.00258 e. The van der Waals surface area contributed by atoms with E-state index in [-0.39, 0.29) is 0 Å². The molecule has 0 heteroatoms. The lowest BCUT2D eigenvalue weighted by molar-refractivity contribution is 0.872. The number of benzene rings is 3. The third-order valence-corrected chi connectivity index (χ3v) is 10.4. The highest BCUT2D eigenvalue weighted by atomic mass is 14.2.